The number of fused-ring (bicyclic) bond motifs is 1. The van der Waals surface area contributed by atoms with Crippen LogP contribution in [0.5, 0.6) is 0 Å². The van der Waals surface area contributed by atoms with E-state index in [1.807, 2.05) is 48.5 Å². The highest BCUT2D eigenvalue weighted by molar-refractivity contribution is 6.01. The molecule has 3 heterocycles. The predicted molar refractivity (Wildman–Crippen MR) is 96.6 cm³/mol. The molecule has 1 amide bonds. The van der Waals surface area contributed by atoms with Crippen molar-refractivity contribution >= 4 is 11.6 Å². The number of anilines is 1. The third-order valence-electron chi connectivity index (χ3n) is 5.32. The number of carbonyl (C=O) groups is 1. The molecule has 1 aliphatic carbocycles. The van der Waals surface area contributed by atoms with E-state index in [9.17, 15) is 4.79 Å². The van der Waals surface area contributed by atoms with Crippen molar-refractivity contribution in [1.82, 2.24) is 4.90 Å². The van der Waals surface area contributed by atoms with E-state index in [2.05, 4.69) is 12.2 Å². The van der Waals surface area contributed by atoms with Crippen molar-refractivity contribution in [3.8, 4) is 0 Å². The second-order valence-corrected chi connectivity index (χ2v) is 7.16. The summed E-state index contributed by atoms with van der Waals surface area (Å²) < 4.78 is 11.6. The summed E-state index contributed by atoms with van der Waals surface area (Å²) in [6, 6.07) is 15.3. The van der Waals surface area contributed by atoms with Gasteiger partial charge in [-0.1, -0.05) is 19.1 Å². The van der Waals surface area contributed by atoms with Crippen LogP contribution in [-0.4, -0.2) is 10.8 Å². The van der Waals surface area contributed by atoms with E-state index < -0.39 is 0 Å². The highest BCUT2D eigenvalue weighted by Crippen LogP contribution is 2.48. The van der Waals surface area contributed by atoms with E-state index in [0.29, 0.717) is 23.9 Å². The van der Waals surface area contributed by atoms with Crippen molar-refractivity contribution in [2.24, 2.45) is 5.92 Å². The highest BCUT2D eigenvalue weighted by Gasteiger charge is 2.39. The molecule has 3 aromatic rings. The Kier molecular flexibility index (Phi) is 3.42. The second-order valence-electron chi connectivity index (χ2n) is 7.16. The lowest BCUT2D eigenvalue weighted by molar-refractivity contribution is 0.0628. The monoisotopic (exact) mass is 348 g/mol. The molecule has 0 radical (unpaired) electrons. The van der Waals surface area contributed by atoms with Gasteiger partial charge in [-0.05, 0) is 48.7 Å². The van der Waals surface area contributed by atoms with Gasteiger partial charge in [-0.25, -0.2) is 0 Å². The number of hydrogen-bond acceptors (Lipinski definition) is 4. The molecule has 0 spiro atoms. The number of carbonyl (C=O) groups excluding carboxylic acids is 1. The Hall–Kier alpha value is -2.95. The second kappa shape index (κ2) is 5.80. The molecule has 2 aromatic heterocycles. The van der Waals surface area contributed by atoms with Crippen LogP contribution in [0.3, 0.4) is 0 Å². The molecule has 1 fully saturated rings. The molecular formula is C21H20N2O3. The average molecular weight is 348 g/mol. The number of furan rings is 2. The first-order chi connectivity index (χ1) is 12.7. The molecule has 1 saturated carbocycles. The molecular weight excluding hydrogens is 328 g/mol. The minimum absolute atomic E-state index is 0.0292. The fourth-order valence-corrected chi connectivity index (χ4v) is 3.68. The van der Waals surface area contributed by atoms with Crippen molar-refractivity contribution in [3.05, 3.63) is 77.6 Å². The lowest BCUT2D eigenvalue weighted by Gasteiger charge is -2.36. The van der Waals surface area contributed by atoms with Crippen LogP contribution in [0.15, 0.2) is 63.6 Å². The first-order valence-corrected chi connectivity index (χ1v) is 8.99. The molecule has 0 bridgehead atoms. The van der Waals surface area contributed by atoms with Crippen LogP contribution in [0.1, 0.15) is 53.1 Å². The number of benzene rings is 1. The number of nitrogens with zero attached hydrogens (tertiary/aromatic N) is 1. The summed E-state index contributed by atoms with van der Waals surface area (Å²) in [5.74, 6) is 3.67. The largest absolute Gasteiger partial charge is 0.467 e. The van der Waals surface area contributed by atoms with Gasteiger partial charge in [-0.2, -0.15) is 0 Å². The topological polar surface area (TPSA) is 58.6 Å². The Labute approximate surface area is 151 Å². The Morgan fingerprint density at radius 1 is 1.12 bits per heavy atom. The van der Waals surface area contributed by atoms with Crippen LogP contribution in [0.4, 0.5) is 5.69 Å². The molecule has 0 saturated heterocycles. The van der Waals surface area contributed by atoms with E-state index in [4.69, 9.17) is 8.83 Å². The van der Waals surface area contributed by atoms with Crippen LogP contribution < -0.4 is 5.32 Å². The molecule has 1 aromatic carbocycles. The summed E-state index contributed by atoms with van der Waals surface area (Å²) in [7, 11) is 0. The van der Waals surface area contributed by atoms with Crippen LogP contribution in [-0.2, 0) is 6.54 Å². The summed E-state index contributed by atoms with van der Waals surface area (Å²) in [5.41, 5.74) is 1.49. The standard InChI is InChI=1S/C21H20N2O3/c1-13-11-16(13)18-8-9-19(26-18)20-22-17-7-3-2-6-15(17)21(24)23(20)12-14-5-4-10-25-14/h2-10,13,16,20,22H,11-12H2,1H3/t13-,16-,20+/m1/s1. The summed E-state index contributed by atoms with van der Waals surface area (Å²) in [6.45, 7) is 2.61. The number of rotatable bonds is 4. The van der Waals surface area contributed by atoms with Gasteiger partial charge in [-0.3, -0.25) is 4.79 Å². The number of nitrogens with one attached hydrogen (secondary N) is 1. The molecule has 5 rings (SSSR count). The lowest BCUT2D eigenvalue weighted by atomic mass is 10.1. The maximum Gasteiger partial charge on any atom is 0.258 e. The van der Waals surface area contributed by atoms with E-state index in [1.165, 1.54) is 6.42 Å². The van der Waals surface area contributed by atoms with Gasteiger partial charge in [0.25, 0.3) is 5.91 Å². The molecule has 0 unspecified atom stereocenters. The molecule has 132 valence electrons. The highest BCUT2D eigenvalue weighted by atomic mass is 16.3. The first-order valence-electron chi connectivity index (χ1n) is 8.99. The molecule has 5 heteroatoms. The fraction of sp³-hybridized carbons (Fsp3) is 0.286. The van der Waals surface area contributed by atoms with Crippen molar-refractivity contribution in [2.75, 3.05) is 5.32 Å². The van der Waals surface area contributed by atoms with E-state index in [1.54, 1.807) is 11.2 Å². The van der Waals surface area contributed by atoms with Gasteiger partial charge < -0.3 is 19.1 Å². The zero-order valence-corrected chi connectivity index (χ0v) is 14.5. The molecule has 1 N–H and O–H groups in total. The Balaban J connectivity index is 1.52. The fourth-order valence-electron chi connectivity index (χ4n) is 3.68. The SMILES string of the molecule is C[C@@H]1C[C@H]1c1ccc([C@H]2Nc3ccccc3C(=O)N2Cc2ccco2)o1. The summed E-state index contributed by atoms with van der Waals surface area (Å²) >= 11 is 0. The van der Waals surface area contributed by atoms with Gasteiger partial charge in [0.05, 0.1) is 18.4 Å². The van der Waals surface area contributed by atoms with E-state index >= 15 is 0 Å². The predicted octanol–water partition coefficient (Wildman–Crippen LogP) is 4.76. The van der Waals surface area contributed by atoms with Crippen LogP contribution >= 0.6 is 0 Å². The zero-order valence-electron chi connectivity index (χ0n) is 14.5. The maximum absolute atomic E-state index is 13.1. The quantitative estimate of drug-likeness (QED) is 0.738. The van der Waals surface area contributed by atoms with Crippen molar-refractivity contribution in [1.29, 1.82) is 0 Å². The average Bonchev–Trinajstić information content (AvgIpc) is 3.08. The van der Waals surface area contributed by atoms with Crippen LogP contribution in [0.2, 0.25) is 0 Å². The van der Waals surface area contributed by atoms with Crippen molar-refractivity contribution in [3.63, 3.8) is 0 Å². The molecule has 3 atom stereocenters. The van der Waals surface area contributed by atoms with Crippen molar-refractivity contribution < 1.29 is 13.6 Å². The van der Waals surface area contributed by atoms with Gasteiger partial charge in [0.2, 0.25) is 0 Å². The maximum atomic E-state index is 13.1. The van der Waals surface area contributed by atoms with Gasteiger partial charge in [0.15, 0.2) is 6.17 Å². The van der Waals surface area contributed by atoms with Gasteiger partial charge in [0.1, 0.15) is 17.3 Å². The normalized spacial score (nSPS) is 24.3. The van der Waals surface area contributed by atoms with E-state index in [-0.39, 0.29) is 12.1 Å². The minimum Gasteiger partial charge on any atom is -0.467 e. The molecule has 2 aliphatic rings. The molecule has 1 aliphatic heterocycles. The summed E-state index contributed by atoms with van der Waals surface area (Å²) in [6.07, 6.45) is 2.44. The lowest BCUT2D eigenvalue weighted by Crippen LogP contribution is -2.42. The third kappa shape index (κ3) is 2.51. The van der Waals surface area contributed by atoms with Gasteiger partial charge in [0, 0.05) is 11.6 Å². The van der Waals surface area contributed by atoms with Crippen LogP contribution in [0.25, 0.3) is 0 Å². The third-order valence-corrected chi connectivity index (χ3v) is 5.32. The molecule has 26 heavy (non-hydrogen) atoms. The summed E-state index contributed by atoms with van der Waals surface area (Å²) in [5, 5.41) is 3.46. The number of hydrogen-bond donors (Lipinski definition) is 1. The number of amides is 1. The summed E-state index contributed by atoms with van der Waals surface area (Å²) in [4.78, 5) is 14.9. The Morgan fingerprint density at radius 2 is 1.92 bits per heavy atom. The first kappa shape index (κ1) is 15.3. The van der Waals surface area contributed by atoms with Crippen LogP contribution in [0, 0.1) is 5.92 Å². The van der Waals surface area contributed by atoms with Gasteiger partial charge >= 0.3 is 0 Å². The minimum atomic E-state index is -0.356. The zero-order chi connectivity index (χ0) is 17.7. The van der Waals surface area contributed by atoms with Gasteiger partial charge in [-0.15, -0.1) is 0 Å². The van der Waals surface area contributed by atoms with E-state index in [0.717, 1.165) is 23.0 Å². The number of para-hydroxylation sites is 1. The molecule has 5 nitrogen and oxygen atoms in total. The smallest absolute Gasteiger partial charge is 0.258 e. The van der Waals surface area contributed by atoms with Crippen molar-refractivity contribution in [2.45, 2.75) is 32.0 Å². The Morgan fingerprint density at radius 3 is 2.69 bits per heavy atom. The Bertz CT molecular complexity index is 944.